The molecule has 0 saturated heterocycles. The van der Waals surface area contributed by atoms with Gasteiger partial charge in [-0.15, -0.1) is 0 Å². The zero-order valence-electron chi connectivity index (χ0n) is 19.4. The van der Waals surface area contributed by atoms with Gasteiger partial charge in [0.25, 0.3) is 0 Å². The van der Waals surface area contributed by atoms with Crippen LogP contribution in [0, 0.1) is 5.41 Å². The molecular formula is C26H49NO2. The van der Waals surface area contributed by atoms with Crippen molar-refractivity contribution < 1.29 is 9.90 Å². The number of carboxylic acid groups (broad SMARTS) is 1. The molecule has 1 aliphatic carbocycles. The van der Waals surface area contributed by atoms with Gasteiger partial charge in [0.05, 0.1) is 5.41 Å². The molecule has 0 atom stereocenters. The van der Waals surface area contributed by atoms with Gasteiger partial charge in [-0.25, -0.2) is 0 Å². The fraction of sp³-hybridized carbons (Fsp3) is 0.885. The standard InChI is InChI=1S/C26H49NO2/c1-2-3-4-5-6-7-8-9-10-11-12-13-14-15-16-20-23-27-24-26(25(28)29)21-18-17-19-22-26/h9-10,27H,2-8,11-24H2,1H3,(H,28,29)/b10-9-. The van der Waals surface area contributed by atoms with Gasteiger partial charge in [-0.3, -0.25) is 4.79 Å². The second kappa shape index (κ2) is 18.0. The predicted molar refractivity (Wildman–Crippen MR) is 125 cm³/mol. The number of aliphatic carboxylic acids is 1. The van der Waals surface area contributed by atoms with Crippen molar-refractivity contribution in [3.8, 4) is 0 Å². The summed E-state index contributed by atoms with van der Waals surface area (Å²) in [7, 11) is 0. The Kier molecular flexibility index (Phi) is 16.2. The Hall–Kier alpha value is -0.830. The molecule has 0 radical (unpaired) electrons. The normalized spacial score (nSPS) is 16.4. The van der Waals surface area contributed by atoms with Crippen molar-refractivity contribution in [2.24, 2.45) is 5.41 Å². The monoisotopic (exact) mass is 407 g/mol. The third-order valence-corrected chi connectivity index (χ3v) is 6.59. The largest absolute Gasteiger partial charge is 0.481 e. The molecule has 2 N–H and O–H groups in total. The van der Waals surface area contributed by atoms with E-state index in [2.05, 4.69) is 24.4 Å². The Bertz CT molecular complexity index is 413. The lowest BCUT2D eigenvalue weighted by Crippen LogP contribution is -2.42. The first kappa shape index (κ1) is 26.2. The molecule has 1 rings (SSSR count). The van der Waals surface area contributed by atoms with Gasteiger partial charge in [0.15, 0.2) is 0 Å². The Morgan fingerprint density at radius 3 is 1.86 bits per heavy atom. The highest BCUT2D eigenvalue weighted by Crippen LogP contribution is 2.35. The number of hydrogen-bond donors (Lipinski definition) is 2. The molecule has 1 fully saturated rings. The van der Waals surface area contributed by atoms with Crippen LogP contribution in [0.2, 0.25) is 0 Å². The van der Waals surface area contributed by atoms with Gasteiger partial charge in [0.1, 0.15) is 0 Å². The van der Waals surface area contributed by atoms with Gasteiger partial charge in [-0.05, 0) is 51.5 Å². The van der Waals surface area contributed by atoms with Gasteiger partial charge >= 0.3 is 5.97 Å². The fourth-order valence-electron chi connectivity index (χ4n) is 4.52. The van der Waals surface area contributed by atoms with Crippen LogP contribution in [0.5, 0.6) is 0 Å². The van der Waals surface area contributed by atoms with Gasteiger partial charge in [0.2, 0.25) is 0 Å². The van der Waals surface area contributed by atoms with Crippen LogP contribution in [0.25, 0.3) is 0 Å². The molecule has 3 nitrogen and oxygen atoms in total. The zero-order valence-corrected chi connectivity index (χ0v) is 19.4. The summed E-state index contributed by atoms with van der Waals surface area (Å²) in [6.07, 6.45) is 28.4. The molecule has 0 unspecified atom stereocenters. The summed E-state index contributed by atoms with van der Waals surface area (Å²) in [4.78, 5) is 11.6. The summed E-state index contributed by atoms with van der Waals surface area (Å²) < 4.78 is 0. The Labute approximate surface area is 181 Å². The summed E-state index contributed by atoms with van der Waals surface area (Å²) in [5.74, 6) is -0.592. The minimum absolute atomic E-state index is 0.485. The third-order valence-electron chi connectivity index (χ3n) is 6.59. The van der Waals surface area contributed by atoms with Crippen molar-refractivity contribution in [3.63, 3.8) is 0 Å². The van der Waals surface area contributed by atoms with Crippen molar-refractivity contribution in [2.75, 3.05) is 13.1 Å². The minimum Gasteiger partial charge on any atom is -0.481 e. The molecule has 0 heterocycles. The molecule has 0 aromatic rings. The van der Waals surface area contributed by atoms with Crippen LogP contribution in [-0.2, 0) is 4.79 Å². The van der Waals surface area contributed by atoms with Crippen LogP contribution >= 0.6 is 0 Å². The second-order valence-corrected chi connectivity index (χ2v) is 9.26. The summed E-state index contributed by atoms with van der Waals surface area (Å²) in [5, 5.41) is 13.0. The maximum absolute atomic E-state index is 11.6. The Balaban J connectivity index is 1.84. The lowest BCUT2D eigenvalue weighted by atomic mass is 9.74. The first-order valence-corrected chi connectivity index (χ1v) is 12.8. The predicted octanol–water partition coefficient (Wildman–Crippen LogP) is 7.65. The van der Waals surface area contributed by atoms with Gasteiger partial charge in [-0.2, -0.15) is 0 Å². The molecule has 1 saturated carbocycles. The molecule has 0 bridgehead atoms. The van der Waals surface area contributed by atoms with E-state index in [0.29, 0.717) is 6.54 Å². The van der Waals surface area contributed by atoms with Crippen LogP contribution in [0.15, 0.2) is 12.2 Å². The average molecular weight is 408 g/mol. The average Bonchev–Trinajstić information content (AvgIpc) is 2.73. The lowest BCUT2D eigenvalue weighted by Gasteiger charge is -2.33. The molecular weight excluding hydrogens is 358 g/mol. The van der Waals surface area contributed by atoms with Gasteiger partial charge < -0.3 is 10.4 Å². The van der Waals surface area contributed by atoms with E-state index in [9.17, 15) is 9.90 Å². The first-order valence-electron chi connectivity index (χ1n) is 12.8. The SMILES string of the molecule is CCCCCCCC/C=C\CCCCCCCCNCC1(C(=O)O)CCCCC1. The van der Waals surface area contributed by atoms with E-state index in [1.54, 1.807) is 0 Å². The van der Waals surface area contributed by atoms with Crippen molar-refractivity contribution in [1.29, 1.82) is 0 Å². The number of carbonyl (C=O) groups is 1. The molecule has 0 aromatic heterocycles. The topological polar surface area (TPSA) is 49.3 Å². The number of nitrogens with one attached hydrogen (secondary N) is 1. The second-order valence-electron chi connectivity index (χ2n) is 9.26. The summed E-state index contributed by atoms with van der Waals surface area (Å²) in [5.41, 5.74) is -0.485. The van der Waals surface area contributed by atoms with Crippen LogP contribution in [0.4, 0.5) is 0 Å². The number of rotatable bonds is 19. The molecule has 1 aliphatic rings. The highest BCUT2D eigenvalue weighted by Gasteiger charge is 2.38. The molecule has 0 aromatic carbocycles. The van der Waals surface area contributed by atoms with Crippen molar-refractivity contribution in [2.45, 2.75) is 129 Å². The fourth-order valence-corrected chi connectivity index (χ4v) is 4.52. The quantitative estimate of drug-likeness (QED) is 0.171. The summed E-state index contributed by atoms with van der Waals surface area (Å²) in [6, 6.07) is 0. The molecule has 0 aliphatic heterocycles. The van der Waals surface area contributed by atoms with Crippen molar-refractivity contribution in [1.82, 2.24) is 5.32 Å². The van der Waals surface area contributed by atoms with E-state index >= 15 is 0 Å². The number of carboxylic acids is 1. The van der Waals surface area contributed by atoms with E-state index in [1.807, 2.05) is 0 Å². The molecule has 29 heavy (non-hydrogen) atoms. The van der Waals surface area contributed by atoms with Crippen LogP contribution in [0.3, 0.4) is 0 Å². The highest BCUT2D eigenvalue weighted by atomic mass is 16.4. The van der Waals surface area contributed by atoms with Gasteiger partial charge in [0, 0.05) is 6.54 Å². The van der Waals surface area contributed by atoms with Gasteiger partial charge in [-0.1, -0.05) is 96.1 Å². The number of allylic oxidation sites excluding steroid dienone is 2. The molecule has 170 valence electrons. The number of hydrogen-bond acceptors (Lipinski definition) is 2. The lowest BCUT2D eigenvalue weighted by molar-refractivity contribution is -0.150. The van der Waals surface area contributed by atoms with Crippen LogP contribution < -0.4 is 5.32 Å². The zero-order chi connectivity index (χ0) is 21.0. The van der Waals surface area contributed by atoms with Crippen molar-refractivity contribution in [3.05, 3.63) is 12.2 Å². The van der Waals surface area contributed by atoms with Crippen LogP contribution in [0.1, 0.15) is 129 Å². The third kappa shape index (κ3) is 13.2. The van der Waals surface area contributed by atoms with Crippen molar-refractivity contribution >= 4 is 5.97 Å². The van der Waals surface area contributed by atoms with E-state index in [-0.39, 0.29) is 0 Å². The molecule has 0 spiro atoms. The summed E-state index contributed by atoms with van der Waals surface area (Å²) >= 11 is 0. The Morgan fingerprint density at radius 2 is 1.31 bits per heavy atom. The van der Waals surface area contributed by atoms with E-state index < -0.39 is 11.4 Å². The highest BCUT2D eigenvalue weighted by molar-refractivity contribution is 5.75. The molecule has 0 amide bonds. The van der Waals surface area contributed by atoms with Crippen LogP contribution in [-0.4, -0.2) is 24.2 Å². The summed E-state index contributed by atoms with van der Waals surface area (Å²) in [6.45, 7) is 3.90. The first-order chi connectivity index (χ1) is 14.2. The van der Waals surface area contributed by atoms with E-state index in [1.165, 1.54) is 96.3 Å². The Morgan fingerprint density at radius 1 is 0.793 bits per heavy atom. The molecule has 3 heteroatoms. The van der Waals surface area contributed by atoms with E-state index in [4.69, 9.17) is 0 Å². The minimum atomic E-state index is -0.592. The maximum Gasteiger partial charge on any atom is 0.310 e. The maximum atomic E-state index is 11.6. The van der Waals surface area contributed by atoms with E-state index in [0.717, 1.165) is 32.2 Å². The number of unbranched alkanes of at least 4 members (excludes halogenated alkanes) is 12. The smallest absolute Gasteiger partial charge is 0.310 e.